The molecule has 1 rings (SSSR count). The first-order valence-electron chi connectivity index (χ1n) is 5.10. The summed E-state index contributed by atoms with van der Waals surface area (Å²) in [5.74, 6) is 3.66. The third kappa shape index (κ3) is 3.80. The second-order valence-electron chi connectivity index (χ2n) is 3.98. The molecule has 1 N–H and O–H groups in total. The first-order chi connectivity index (χ1) is 6.27. The molecule has 74 valence electrons. The van der Waals surface area contributed by atoms with Crippen LogP contribution in [0.5, 0.6) is 0 Å². The van der Waals surface area contributed by atoms with Crippen LogP contribution in [-0.4, -0.2) is 37.6 Å². The van der Waals surface area contributed by atoms with Crippen LogP contribution in [0.3, 0.4) is 0 Å². The number of likely N-dealkylation sites (N-methyl/N-ethyl adjacent to an activating group) is 1. The second-order valence-corrected chi connectivity index (χ2v) is 3.98. The van der Waals surface area contributed by atoms with E-state index >= 15 is 0 Å². The minimum Gasteiger partial charge on any atom is -0.318 e. The normalized spacial score (nSPS) is 18.6. The Morgan fingerprint density at radius 3 is 2.77 bits per heavy atom. The van der Waals surface area contributed by atoms with Gasteiger partial charge in [-0.25, -0.2) is 0 Å². The van der Waals surface area contributed by atoms with Gasteiger partial charge in [0.05, 0.1) is 6.54 Å². The van der Waals surface area contributed by atoms with Crippen molar-refractivity contribution in [3.8, 4) is 12.3 Å². The van der Waals surface area contributed by atoms with Crippen LogP contribution < -0.4 is 5.32 Å². The molecule has 2 heteroatoms. The zero-order valence-corrected chi connectivity index (χ0v) is 8.71. The predicted octanol–water partition coefficient (Wildman–Crippen LogP) is 0.940. The Kier molecular flexibility index (Phi) is 4.27. The van der Waals surface area contributed by atoms with Crippen LogP contribution >= 0.6 is 0 Å². The number of hydrogen-bond acceptors (Lipinski definition) is 2. The van der Waals surface area contributed by atoms with E-state index in [1.165, 1.54) is 19.4 Å². The van der Waals surface area contributed by atoms with Gasteiger partial charge in [-0.15, -0.1) is 6.42 Å². The average molecular weight is 180 g/mol. The van der Waals surface area contributed by atoms with Gasteiger partial charge in [-0.05, 0) is 32.7 Å². The van der Waals surface area contributed by atoms with Crippen molar-refractivity contribution in [2.45, 2.75) is 25.8 Å². The van der Waals surface area contributed by atoms with Gasteiger partial charge in [-0.1, -0.05) is 5.92 Å². The molecular weight excluding hydrogens is 160 g/mol. The molecule has 2 nitrogen and oxygen atoms in total. The summed E-state index contributed by atoms with van der Waals surface area (Å²) in [5.41, 5.74) is 0. The van der Waals surface area contributed by atoms with E-state index in [1.807, 2.05) is 7.05 Å². The van der Waals surface area contributed by atoms with E-state index in [2.05, 4.69) is 23.1 Å². The van der Waals surface area contributed by atoms with E-state index in [-0.39, 0.29) is 0 Å². The standard InChI is InChI=1S/C11H20N2/c1-4-7-13(9-11-5-6-11)10(2)8-12-3/h1,10-12H,5-9H2,2-3H3. The average Bonchev–Trinajstić information content (AvgIpc) is 2.88. The monoisotopic (exact) mass is 180 g/mol. The summed E-state index contributed by atoms with van der Waals surface area (Å²) in [6, 6.07) is 0.557. The van der Waals surface area contributed by atoms with Crippen molar-refractivity contribution < 1.29 is 0 Å². The molecular formula is C11H20N2. The molecule has 0 bridgehead atoms. The van der Waals surface area contributed by atoms with Gasteiger partial charge in [0.15, 0.2) is 0 Å². The summed E-state index contributed by atoms with van der Waals surface area (Å²) in [5, 5.41) is 3.19. The molecule has 0 spiro atoms. The number of terminal acetylenes is 1. The van der Waals surface area contributed by atoms with Crippen molar-refractivity contribution in [1.82, 2.24) is 10.2 Å². The number of nitrogens with zero attached hydrogens (tertiary/aromatic N) is 1. The van der Waals surface area contributed by atoms with E-state index in [0.29, 0.717) is 6.04 Å². The lowest BCUT2D eigenvalue weighted by Gasteiger charge is -2.26. The van der Waals surface area contributed by atoms with Gasteiger partial charge in [0.2, 0.25) is 0 Å². The summed E-state index contributed by atoms with van der Waals surface area (Å²) in [6.45, 7) is 5.23. The predicted molar refractivity (Wildman–Crippen MR) is 56.5 cm³/mol. The molecule has 1 aliphatic carbocycles. The molecule has 0 aliphatic heterocycles. The van der Waals surface area contributed by atoms with Crippen LogP contribution in [0.4, 0.5) is 0 Å². The summed E-state index contributed by atoms with van der Waals surface area (Å²) >= 11 is 0. The van der Waals surface area contributed by atoms with Crippen LogP contribution in [-0.2, 0) is 0 Å². The highest BCUT2D eigenvalue weighted by atomic mass is 15.2. The number of hydrogen-bond donors (Lipinski definition) is 1. The van der Waals surface area contributed by atoms with Crippen molar-refractivity contribution in [3.05, 3.63) is 0 Å². The Balaban J connectivity index is 2.30. The van der Waals surface area contributed by atoms with E-state index in [0.717, 1.165) is 19.0 Å². The lowest BCUT2D eigenvalue weighted by molar-refractivity contribution is 0.223. The lowest BCUT2D eigenvalue weighted by Crippen LogP contribution is -2.40. The first kappa shape index (κ1) is 10.6. The molecule has 13 heavy (non-hydrogen) atoms. The molecule has 0 saturated heterocycles. The maximum atomic E-state index is 5.35. The molecule has 0 radical (unpaired) electrons. The summed E-state index contributed by atoms with van der Waals surface area (Å²) in [6.07, 6.45) is 8.14. The fraction of sp³-hybridized carbons (Fsp3) is 0.818. The van der Waals surface area contributed by atoms with Crippen molar-refractivity contribution in [2.75, 3.05) is 26.7 Å². The molecule has 0 amide bonds. The van der Waals surface area contributed by atoms with Gasteiger partial charge < -0.3 is 5.32 Å². The second kappa shape index (κ2) is 5.26. The van der Waals surface area contributed by atoms with Crippen LogP contribution in [0.15, 0.2) is 0 Å². The van der Waals surface area contributed by atoms with Gasteiger partial charge in [-0.3, -0.25) is 4.90 Å². The Morgan fingerprint density at radius 1 is 1.62 bits per heavy atom. The summed E-state index contributed by atoms with van der Waals surface area (Å²) < 4.78 is 0. The van der Waals surface area contributed by atoms with Crippen molar-refractivity contribution in [1.29, 1.82) is 0 Å². The number of rotatable bonds is 6. The Morgan fingerprint density at radius 2 is 2.31 bits per heavy atom. The molecule has 0 aromatic carbocycles. The van der Waals surface area contributed by atoms with Gasteiger partial charge in [0.25, 0.3) is 0 Å². The fourth-order valence-corrected chi connectivity index (χ4v) is 1.57. The van der Waals surface area contributed by atoms with Crippen LogP contribution in [0, 0.1) is 18.3 Å². The maximum absolute atomic E-state index is 5.35. The molecule has 0 aromatic rings. The Labute approximate surface area is 81.7 Å². The zero-order valence-electron chi connectivity index (χ0n) is 8.71. The van der Waals surface area contributed by atoms with E-state index in [9.17, 15) is 0 Å². The third-order valence-corrected chi connectivity index (χ3v) is 2.61. The van der Waals surface area contributed by atoms with E-state index < -0.39 is 0 Å². The quantitative estimate of drug-likeness (QED) is 0.612. The summed E-state index contributed by atoms with van der Waals surface area (Å²) in [4.78, 5) is 2.40. The molecule has 1 aliphatic rings. The van der Waals surface area contributed by atoms with Gasteiger partial charge in [0, 0.05) is 19.1 Å². The van der Waals surface area contributed by atoms with Crippen molar-refractivity contribution in [3.63, 3.8) is 0 Å². The molecule has 0 aromatic heterocycles. The molecule has 1 atom stereocenters. The highest BCUT2D eigenvalue weighted by Crippen LogP contribution is 2.30. The highest BCUT2D eigenvalue weighted by molar-refractivity contribution is 4.92. The minimum atomic E-state index is 0.557. The van der Waals surface area contributed by atoms with E-state index in [1.54, 1.807) is 0 Å². The molecule has 0 heterocycles. The Hall–Kier alpha value is -0.520. The van der Waals surface area contributed by atoms with Crippen LogP contribution in [0.2, 0.25) is 0 Å². The van der Waals surface area contributed by atoms with Gasteiger partial charge in [0.1, 0.15) is 0 Å². The zero-order chi connectivity index (χ0) is 9.68. The largest absolute Gasteiger partial charge is 0.318 e. The highest BCUT2D eigenvalue weighted by Gasteiger charge is 2.25. The lowest BCUT2D eigenvalue weighted by atomic mass is 10.2. The van der Waals surface area contributed by atoms with E-state index in [4.69, 9.17) is 6.42 Å². The molecule has 1 unspecified atom stereocenters. The smallest absolute Gasteiger partial charge is 0.0601 e. The summed E-state index contributed by atoms with van der Waals surface area (Å²) in [7, 11) is 1.99. The van der Waals surface area contributed by atoms with Crippen molar-refractivity contribution >= 4 is 0 Å². The SMILES string of the molecule is C#CCN(CC1CC1)C(C)CNC. The number of nitrogens with one attached hydrogen (secondary N) is 1. The van der Waals surface area contributed by atoms with Gasteiger partial charge >= 0.3 is 0 Å². The van der Waals surface area contributed by atoms with Crippen LogP contribution in [0.25, 0.3) is 0 Å². The van der Waals surface area contributed by atoms with Crippen molar-refractivity contribution in [2.24, 2.45) is 5.92 Å². The van der Waals surface area contributed by atoms with Gasteiger partial charge in [-0.2, -0.15) is 0 Å². The Bertz CT molecular complexity index is 179. The molecule has 1 saturated carbocycles. The maximum Gasteiger partial charge on any atom is 0.0601 e. The topological polar surface area (TPSA) is 15.3 Å². The first-order valence-corrected chi connectivity index (χ1v) is 5.10. The van der Waals surface area contributed by atoms with Crippen LogP contribution in [0.1, 0.15) is 19.8 Å². The third-order valence-electron chi connectivity index (χ3n) is 2.61. The fourth-order valence-electron chi connectivity index (χ4n) is 1.57. The molecule has 1 fully saturated rings. The minimum absolute atomic E-state index is 0.557.